The van der Waals surface area contributed by atoms with Crippen LogP contribution in [0.5, 0.6) is 17.2 Å². The molecule has 1 aromatic carbocycles. The third-order valence-corrected chi connectivity index (χ3v) is 7.82. The molecule has 2 amide bonds. The van der Waals surface area contributed by atoms with E-state index in [0.717, 1.165) is 5.57 Å². The average Bonchev–Trinajstić information content (AvgIpc) is 3.09. The fourth-order valence-corrected chi connectivity index (χ4v) is 6.01. The van der Waals surface area contributed by atoms with E-state index < -0.39 is 17.8 Å². The van der Waals surface area contributed by atoms with Gasteiger partial charge in [-0.3, -0.25) is 24.1 Å². The average molecular weight is 490 g/mol. The SMILES string of the molecule is COc1cc(C=C[C@H]2C3=CC[C@@H]4C(=O)N(C)C(=O)[C@@H]4[C@@H]3CC3=C2C(=O)C(C)=CC3=O)cc(OC)c1O. The van der Waals surface area contributed by atoms with Crippen LogP contribution in [0.2, 0.25) is 0 Å². The molecule has 1 aliphatic heterocycles. The van der Waals surface area contributed by atoms with Gasteiger partial charge in [-0.1, -0.05) is 23.8 Å². The second kappa shape index (κ2) is 8.62. The van der Waals surface area contributed by atoms with E-state index in [0.29, 0.717) is 28.7 Å². The highest BCUT2D eigenvalue weighted by Gasteiger charge is 2.54. The smallest absolute Gasteiger partial charge is 0.233 e. The number of nitrogens with zero attached hydrogens (tertiary/aromatic N) is 1. The zero-order valence-corrected chi connectivity index (χ0v) is 20.5. The zero-order chi connectivity index (χ0) is 25.9. The molecule has 0 aromatic heterocycles. The maximum Gasteiger partial charge on any atom is 0.233 e. The molecule has 1 saturated heterocycles. The van der Waals surface area contributed by atoms with E-state index in [-0.39, 0.29) is 53.0 Å². The van der Waals surface area contributed by atoms with Crippen LogP contribution >= 0.6 is 0 Å². The van der Waals surface area contributed by atoms with Gasteiger partial charge in [0.05, 0.1) is 26.1 Å². The molecule has 4 aliphatic rings. The molecular weight excluding hydrogens is 462 g/mol. The van der Waals surface area contributed by atoms with Crippen LogP contribution in [0.15, 0.2) is 52.7 Å². The fraction of sp³-hybridized carbons (Fsp3) is 0.357. The molecule has 36 heavy (non-hydrogen) atoms. The van der Waals surface area contributed by atoms with Gasteiger partial charge in [0.2, 0.25) is 17.6 Å². The number of benzene rings is 1. The lowest BCUT2D eigenvalue weighted by Gasteiger charge is -2.41. The van der Waals surface area contributed by atoms with Gasteiger partial charge in [0.15, 0.2) is 23.1 Å². The molecule has 8 heteroatoms. The molecular formula is C28H27NO7. The number of fused-ring (bicyclic) bond motifs is 3. The summed E-state index contributed by atoms with van der Waals surface area (Å²) in [7, 11) is 4.37. The van der Waals surface area contributed by atoms with E-state index >= 15 is 0 Å². The number of methoxy groups -OCH3 is 2. The molecule has 0 radical (unpaired) electrons. The molecule has 4 atom stereocenters. The van der Waals surface area contributed by atoms with Crippen molar-refractivity contribution in [1.82, 2.24) is 4.90 Å². The number of Topliss-reactive ketones (excluding diaryl/α,β-unsaturated/α-hetero) is 1. The number of ether oxygens (including phenoxy) is 2. The van der Waals surface area contributed by atoms with Gasteiger partial charge in [0.25, 0.3) is 0 Å². The van der Waals surface area contributed by atoms with Crippen molar-refractivity contribution in [3.05, 3.63) is 58.2 Å². The molecule has 5 rings (SSSR count). The second-order valence-corrected chi connectivity index (χ2v) is 9.64. The van der Waals surface area contributed by atoms with Crippen molar-refractivity contribution in [3.8, 4) is 17.2 Å². The third-order valence-electron chi connectivity index (χ3n) is 7.82. The van der Waals surface area contributed by atoms with Crippen molar-refractivity contribution in [2.45, 2.75) is 19.8 Å². The third kappa shape index (κ3) is 3.43. The van der Waals surface area contributed by atoms with Crippen LogP contribution in [-0.2, 0) is 19.2 Å². The topological polar surface area (TPSA) is 110 Å². The lowest BCUT2D eigenvalue weighted by Crippen LogP contribution is -2.39. The van der Waals surface area contributed by atoms with Crippen LogP contribution in [-0.4, -0.2) is 54.7 Å². The van der Waals surface area contributed by atoms with Gasteiger partial charge in [-0.2, -0.15) is 0 Å². The van der Waals surface area contributed by atoms with Crippen molar-refractivity contribution in [3.63, 3.8) is 0 Å². The van der Waals surface area contributed by atoms with Crippen molar-refractivity contribution < 1.29 is 33.8 Å². The molecule has 0 unspecified atom stereocenters. The first kappa shape index (κ1) is 23.8. The summed E-state index contributed by atoms with van der Waals surface area (Å²) in [6.45, 7) is 1.63. The first-order chi connectivity index (χ1) is 17.2. The van der Waals surface area contributed by atoms with Crippen LogP contribution in [0.3, 0.4) is 0 Å². The van der Waals surface area contributed by atoms with E-state index in [1.165, 1.54) is 32.2 Å². The van der Waals surface area contributed by atoms with Crippen LogP contribution in [0.25, 0.3) is 6.08 Å². The monoisotopic (exact) mass is 489 g/mol. The Morgan fingerprint density at radius 2 is 1.69 bits per heavy atom. The number of imide groups is 1. The molecule has 0 bridgehead atoms. The van der Waals surface area contributed by atoms with E-state index in [4.69, 9.17) is 9.47 Å². The van der Waals surface area contributed by atoms with Crippen molar-refractivity contribution in [2.75, 3.05) is 21.3 Å². The highest BCUT2D eigenvalue weighted by molar-refractivity contribution is 6.23. The van der Waals surface area contributed by atoms with Crippen LogP contribution in [0.1, 0.15) is 25.3 Å². The number of amides is 2. The van der Waals surface area contributed by atoms with Crippen molar-refractivity contribution in [1.29, 1.82) is 0 Å². The highest BCUT2D eigenvalue weighted by Crippen LogP contribution is 2.52. The summed E-state index contributed by atoms with van der Waals surface area (Å²) in [5.74, 6) is -2.36. The Labute approximate surface area is 208 Å². The van der Waals surface area contributed by atoms with E-state index in [9.17, 15) is 24.3 Å². The Kier molecular flexibility index (Phi) is 5.70. The number of allylic oxidation sites excluding steroid dienone is 7. The lowest BCUT2D eigenvalue weighted by molar-refractivity contribution is -0.138. The Morgan fingerprint density at radius 3 is 2.33 bits per heavy atom. The Balaban J connectivity index is 1.63. The van der Waals surface area contributed by atoms with Gasteiger partial charge in [-0.15, -0.1) is 0 Å². The number of carbonyl (C=O) groups excluding carboxylic acids is 4. The quantitative estimate of drug-likeness (QED) is 0.393. The molecule has 0 saturated carbocycles. The Morgan fingerprint density at radius 1 is 1.03 bits per heavy atom. The summed E-state index contributed by atoms with van der Waals surface area (Å²) < 4.78 is 10.5. The predicted octanol–water partition coefficient (Wildman–Crippen LogP) is 3.01. The summed E-state index contributed by atoms with van der Waals surface area (Å²) >= 11 is 0. The molecule has 8 nitrogen and oxygen atoms in total. The van der Waals surface area contributed by atoms with Crippen molar-refractivity contribution in [2.24, 2.45) is 23.7 Å². The molecule has 1 fully saturated rings. The maximum atomic E-state index is 13.3. The molecule has 0 spiro atoms. The first-order valence-corrected chi connectivity index (χ1v) is 11.8. The van der Waals surface area contributed by atoms with E-state index in [2.05, 4.69) is 0 Å². The summed E-state index contributed by atoms with van der Waals surface area (Å²) in [5.41, 5.74) is 2.77. The number of ketones is 2. The van der Waals surface area contributed by atoms with E-state index in [1.54, 1.807) is 25.1 Å². The summed E-state index contributed by atoms with van der Waals surface area (Å²) in [6, 6.07) is 3.28. The zero-order valence-electron chi connectivity index (χ0n) is 20.5. The van der Waals surface area contributed by atoms with Crippen LogP contribution in [0.4, 0.5) is 0 Å². The molecule has 1 heterocycles. The summed E-state index contributed by atoms with van der Waals surface area (Å²) in [6.07, 6.45) is 7.63. The number of phenolic OH excluding ortho intramolecular Hbond substituents is 1. The van der Waals surface area contributed by atoms with Crippen LogP contribution < -0.4 is 9.47 Å². The molecule has 3 aliphatic carbocycles. The number of hydrogen-bond acceptors (Lipinski definition) is 7. The van der Waals surface area contributed by atoms with Gasteiger partial charge in [0, 0.05) is 29.7 Å². The molecule has 186 valence electrons. The standard InChI is InChI=1S/C28H27NO7/c1-13-9-20(30)19-12-18-15(7-8-17-24(18)28(34)29(2)27(17)33)16(23(19)25(13)31)6-5-14-10-21(35-3)26(32)22(11-14)36-4/h5-7,9-11,16-18,24,32H,8,12H2,1-4H3/t16-,17-,18+,24-/m0/s1. The number of hydrogen-bond donors (Lipinski definition) is 1. The van der Waals surface area contributed by atoms with E-state index in [1.807, 2.05) is 12.2 Å². The number of rotatable bonds is 4. The molecule has 1 aromatic rings. The predicted molar refractivity (Wildman–Crippen MR) is 130 cm³/mol. The highest BCUT2D eigenvalue weighted by atomic mass is 16.5. The molecule has 1 N–H and O–H groups in total. The number of aromatic hydroxyl groups is 1. The minimum absolute atomic E-state index is 0.122. The Hall–Kier alpha value is -3.94. The van der Waals surface area contributed by atoms with Gasteiger partial charge in [-0.25, -0.2) is 0 Å². The van der Waals surface area contributed by atoms with Gasteiger partial charge < -0.3 is 14.6 Å². The second-order valence-electron chi connectivity index (χ2n) is 9.64. The lowest BCUT2D eigenvalue weighted by atomic mass is 9.60. The van der Waals surface area contributed by atoms with Crippen LogP contribution in [0, 0.1) is 23.7 Å². The summed E-state index contributed by atoms with van der Waals surface area (Å²) in [4.78, 5) is 53.3. The normalized spacial score (nSPS) is 27.6. The van der Waals surface area contributed by atoms with Gasteiger partial charge in [0.1, 0.15) is 0 Å². The fourth-order valence-electron chi connectivity index (χ4n) is 6.01. The first-order valence-electron chi connectivity index (χ1n) is 11.8. The minimum Gasteiger partial charge on any atom is -0.502 e. The largest absolute Gasteiger partial charge is 0.502 e. The number of likely N-dealkylation sites (tertiary alicyclic amines) is 1. The summed E-state index contributed by atoms with van der Waals surface area (Å²) in [5, 5.41) is 10.2. The Bertz CT molecular complexity index is 1320. The minimum atomic E-state index is -0.545. The number of phenols is 1. The van der Waals surface area contributed by atoms with Gasteiger partial charge >= 0.3 is 0 Å². The number of carbonyl (C=O) groups is 4. The van der Waals surface area contributed by atoms with Crippen molar-refractivity contribution >= 4 is 29.5 Å². The maximum absolute atomic E-state index is 13.3. The van der Waals surface area contributed by atoms with Gasteiger partial charge in [-0.05, 0) is 49.5 Å².